The number of hydrogen-bond acceptors (Lipinski definition) is 5. The molecule has 2 aromatic heterocycles. The van der Waals surface area contributed by atoms with Crippen molar-refractivity contribution < 1.29 is 4.52 Å². The Bertz CT molecular complexity index is 548. The van der Waals surface area contributed by atoms with Gasteiger partial charge in [-0.05, 0) is 31.5 Å². The van der Waals surface area contributed by atoms with Gasteiger partial charge in [0.05, 0.1) is 5.92 Å². The summed E-state index contributed by atoms with van der Waals surface area (Å²) >= 11 is 0. The number of aromatic nitrogens is 3. The molecule has 108 valence electrons. The summed E-state index contributed by atoms with van der Waals surface area (Å²) in [5, 5.41) is 7.37. The van der Waals surface area contributed by atoms with E-state index < -0.39 is 0 Å². The van der Waals surface area contributed by atoms with Gasteiger partial charge >= 0.3 is 0 Å². The molecule has 2 rings (SSSR count). The summed E-state index contributed by atoms with van der Waals surface area (Å²) in [6.45, 7) is 6.34. The number of pyridine rings is 1. The highest BCUT2D eigenvalue weighted by molar-refractivity contribution is 5.53. The second-order valence-corrected chi connectivity index (χ2v) is 4.91. The van der Waals surface area contributed by atoms with Crippen molar-refractivity contribution in [3.63, 3.8) is 0 Å². The maximum atomic E-state index is 5.42. The first-order chi connectivity index (χ1) is 9.71. The minimum absolute atomic E-state index is 0.181. The average Bonchev–Trinajstić information content (AvgIpc) is 2.98. The summed E-state index contributed by atoms with van der Waals surface area (Å²) in [6.07, 6.45) is 3.67. The summed E-state index contributed by atoms with van der Waals surface area (Å²) in [4.78, 5) is 8.90. The maximum Gasteiger partial charge on any atom is 0.231 e. The van der Waals surface area contributed by atoms with Crippen molar-refractivity contribution in [3.05, 3.63) is 29.8 Å². The van der Waals surface area contributed by atoms with Crippen molar-refractivity contribution in [2.75, 3.05) is 7.05 Å². The second-order valence-electron chi connectivity index (χ2n) is 4.91. The molecular formula is C15H22N4O. The normalized spacial score (nSPS) is 14.2. The predicted octanol–water partition coefficient (Wildman–Crippen LogP) is 2.80. The van der Waals surface area contributed by atoms with Gasteiger partial charge in [-0.15, -0.1) is 0 Å². The van der Waals surface area contributed by atoms with Crippen molar-refractivity contribution in [1.29, 1.82) is 0 Å². The highest BCUT2D eigenvalue weighted by Gasteiger charge is 2.22. The van der Waals surface area contributed by atoms with E-state index in [1.807, 2.05) is 19.2 Å². The fourth-order valence-corrected chi connectivity index (χ4v) is 2.42. The van der Waals surface area contributed by atoms with Gasteiger partial charge in [0.25, 0.3) is 0 Å². The fraction of sp³-hybridized carbons (Fsp3) is 0.533. The van der Waals surface area contributed by atoms with Gasteiger partial charge in [-0.2, -0.15) is 4.98 Å². The molecule has 2 unspecified atom stereocenters. The average molecular weight is 274 g/mol. The van der Waals surface area contributed by atoms with E-state index in [0.717, 1.165) is 24.1 Å². The third-order valence-electron chi connectivity index (χ3n) is 3.73. The lowest BCUT2D eigenvalue weighted by atomic mass is 10.00. The van der Waals surface area contributed by atoms with E-state index in [9.17, 15) is 0 Å². The second kappa shape index (κ2) is 6.61. The van der Waals surface area contributed by atoms with Gasteiger partial charge in [-0.1, -0.05) is 32.0 Å². The third kappa shape index (κ3) is 2.88. The van der Waals surface area contributed by atoms with Crippen LogP contribution in [0, 0.1) is 0 Å². The van der Waals surface area contributed by atoms with E-state index in [2.05, 4.69) is 41.2 Å². The SMILES string of the molecule is CCc1cccnc1-c1noc(C(C)C(CC)NC)n1. The molecule has 0 saturated carbocycles. The molecule has 1 N–H and O–H groups in total. The van der Waals surface area contributed by atoms with Crippen molar-refractivity contribution >= 4 is 0 Å². The van der Waals surface area contributed by atoms with Gasteiger partial charge in [0.1, 0.15) is 5.69 Å². The van der Waals surface area contributed by atoms with Crippen molar-refractivity contribution in [2.24, 2.45) is 0 Å². The summed E-state index contributed by atoms with van der Waals surface area (Å²) < 4.78 is 5.42. The molecule has 0 saturated heterocycles. The zero-order valence-corrected chi connectivity index (χ0v) is 12.6. The highest BCUT2D eigenvalue weighted by atomic mass is 16.5. The lowest BCUT2D eigenvalue weighted by Gasteiger charge is -2.18. The van der Waals surface area contributed by atoms with E-state index in [0.29, 0.717) is 17.8 Å². The molecule has 2 atom stereocenters. The Morgan fingerprint density at radius 2 is 2.15 bits per heavy atom. The molecule has 0 aliphatic rings. The molecule has 0 bridgehead atoms. The monoisotopic (exact) mass is 274 g/mol. The summed E-state index contributed by atoms with van der Waals surface area (Å²) in [5.74, 6) is 1.42. The van der Waals surface area contributed by atoms with E-state index >= 15 is 0 Å². The first-order valence-electron chi connectivity index (χ1n) is 7.16. The molecule has 2 heterocycles. The molecule has 0 aliphatic carbocycles. The van der Waals surface area contributed by atoms with Crippen LogP contribution in [0.4, 0.5) is 0 Å². The van der Waals surface area contributed by atoms with Gasteiger partial charge in [-0.25, -0.2) is 0 Å². The van der Waals surface area contributed by atoms with E-state index in [1.165, 1.54) is 0 Å². The van der Waals surface area contributed by atoms with Crippen molar-refractivity contribution in [3.8, 4) is 11.5 Å². The molecule has 20 heavy (non-hydrogen) atoms. The maximum absolute atomic E-state index is 5.42. The van der Waals surface area contributed by atoms with Crippen LogP contribution in [-0.4, -0.2) is 28.2 Å². The van der Waals surface area contributed by atoms with Crippen LogP contribution in [-0.2, 0) is 6.42 Å². The first-order valence-corrected chi connectivity index (χ1v) is 7.16. The summed E-state index contributed by atoms with van der Waals surface area (Å²) in [7, 11) is 1.95. The topological polar surface area (TPSA) is 63.8 Å². The Balaban J connectivity index is 2.29. The Labute approximate surface area is 119 Å². The highest BCUT2D eigenvalue weighted by Crippen LogP contribution is 2.24. The number of likely N-dealkylation sites (N-methyl/N-ethyl adjacent to an activating group) is 1. The number of hydrogen-bond donors (Lipinski definition) is 1. The lowest BCUT2D eigenvalue weighted by molar-refractivity contribution is 0.326. The predicted molar refractivity (Wildman–Crippen MR) is 78.5 cm³/mol. The van der Waals surface area contributed by atoms with Crippen LogP contribution in [0.2, 0.25) is 0 Å². The lowest BCUT2D eigenvalue weighted by Crippen LogP contribution is -2.30. The molecule has 5 nitrogen and oxygen atoms in total. The standard InChI is InChI=1S/C15H22N4O/c1-5-11-8-7-9-17-13(11)14-18-15(20-19-14)10(3)12(6-2)16-4/h7-10,12,16H,5-6H2,1-4H3. The molecule has 0 aliphatic heterocycles. The number of nitrogens with one attached hydrogen (secondary N) is 1. The quantitative estimate of drug-likeness (QED) is 0.877. The molecule has 0 spiro atoms. The van der Waals surface area contributed by atoms with Crippen LogP contribution in [0.15, 0.2) is 22.9 Å². The van der Waals surface area contributed by atoms with Crippen LogP contribution in [0.1, 0.15) is 44.6 Å². The molecule has 0 fully saturated rings. The molecule has 5 heteroatoms. The van der Waals surface area contributed by atoms with Crippen LogP contribution in [0.5, 0.6) is 0 Å². The van der Waals surface area contributed by atoms with Gasteiger partial charge in [0.2, 0.25) is 11.7 Å². The van der Waals surface area contributed by atoms with Gasteiger partial charge < -0.3 is 9.84 Å². The fourth-order valence-electron chi connectivity index (χ4n) is 2.42. The van der Waals surface area contributed by atoms with Crippen LogP contribution in [0.3, 0.4) is 0 Å². The molecule has 0 radical (unpaired) electrons. The Hall–Kier alpha value is -1.75. The molecular weight excluding hydrogens is 252 g/mol. The Morgan fingerprint density at radius 3 is 2.80 bits per heavy atom. The Kier molecular flexibility index (Phi) is 4.84. The van der Waals surface area contributed by atoms with E-state index in [1.54, 1.807) is 6.20 Å². The zero-order chi connectivity index (χ0) is 14.5. The first kappa shape index (κ1) is 14.7. The number of rotatable bonds is 6. The smallest absolute Gasteiger partial charge is 0.231 e. The zero-order valence-electron chi connectivity index (χ0n) is 12.6. The van der Waals surface area contributed by atoms with E-state index in [4.69, 9.17) is 4.52 Å². The number of aryl methyl sites for hydroxylation is 1. The molecule has 2 aromatic rings. The number of nitrogens with zero attached hydrogens (tertiary/aromatic N) is 3. The van der Waals surface area contributed by atoms with Gasteiger partial charge in [0, 0.05) is 12.2 Å². The van der Waals surface area contributed by atoms with Crippen LogP contribution in [0.25, 0.3) is 11.5 Å². The largest absolute Gasteiger partial charge is 0.339 e. The van der Waals surface area contributed by atoms with Gasteiger partial charge in [0.15, 0.2) is 0 Å². The summed E-state index contributed by atoms with van der Waals surface area (Å²) in [5.41, 5.74) is 1.95. The van der Waals surface area contributed by atoms with Crippen LogP contribution >= 0.6 is 0 Å². The molecule has 0 aromatic carbocycles. The minimum atomic E-state index is 0.181. The van der Waals surface area contributed by atoms with Crippen molar-refractivity contribution in [2.45, 2.75) is 45.6 Å². The minimum Gasteiger partial charge on any atom is -0.339 e. The summed E-state index contributed by atoms with van der Waals surface area (Å²) in [6, 6.07) is 4.31. The Morgan fingerprint density at radius 1 is 1.35 bits per heavy atom. The van der Waals surface area contributed by atoms with Crippen LogP contribution < -0.4 is 5.32 Å². The van der Waals surface area contributed by atoms with E-state index in [-0.39, 0.29) is 5.92 Å². The van der Waals surface area contributed by atoms with Gasteiger partial charge in [-0.3, -0.25) is 4.98 Å². The third-order valence-corrected chi connectivity index (χ3v) is 3.73. The molecule has 0 amide bonds. The van der Waals surface area contributed by atoms with Crippen molar-refractivity contribution in [1.82, 2.24) is 20.4 Å².